The lowest BCUT2D eigenvalue weighted by Gasteiger charge is -2.24. The monoisotopic (exact) mass is 235 g/mol. The SMILES string of the molecule is CC(CCc1ccco1)NC(C)C1CCCC1. The first-order valence-electron chi connectivity index (χ1n) is 7.04. The van der Waals surface area contributed by atoms with Crippen molar-refractivity contribution >= 4 is 0 Å². The quantitative estimate of drug-likeness (QED) is 0.812. The van der Waals surface area contributed by atoms with Crippen LogP contribution in [-0.4, -0.2) is 12.1 Å². The van der Waals surface area contributed by atoms with Crippen molar-refractivity contribution in [3.8, 4) is 0 Å². The maximum atomic E-state index is 5.36. The highest BCUT2D eigenvalue weighted by molar-refractivity contribution is 4.98. The third-order valence-electron chi connectivity index (χ3n) is 4.06. The lowest BCUT2D eigenvalue weighted by Crippen LogP contribution is -2.38. The van der Waals surface area contributed by atoms with Crippen LogP contribution in [-0.2, 0) is 6.42 Å². The second kappa shape index (κ2) is 6.25. The summed E-state index contributed by atoms with van der Waals surface area (Å²) in [5.41, 5.74) is 0. The van der Waals surface area contributed by atoms with E-state index in [2.05, 4.69) is 25.2 Å². The molecule has 0 saturated heterocycles. The van der Waals surface area contributed by atoms with Crippen molar-refractivity contribution in [3.05, 3.63) is 24.2 Å². The molecule has 1 aromatic rings. The number of nitrogens with one attached hydrogen (secondary N) is 1. The van der Waals surface area contributed by atoms with Crippen molar-refractivity contribution in [1.82, 2.24) is 5.32 Å². The average molecular weight is 235 g/mol. The molecule has 0 radical (unpaired) electrons. The molecule has 0 amide bonds. The van der Waals surface area contributed by atoms with Gasteiger partial charge in [-0.25, -0.2) is 0 Å². The zero-order valence-electron chi connectivity index (χ0n) is 11.1. The topological polar surface area (TPSA) is 25.2 Å². The zero-order valence-corrected chi connectivity index (χ0v) is 11.1. The second-order valence-electron chi connectivity index (χ2n) is 5.52. The summed E-state index contributed by atoms with van der Waals surface area (Å²) < 4.78 is 5.36. The third kappa shape index (κ3) is 3.88. The Labute approximate surface area is 105 Å². The van der Waals surface area contributed by atoms with Gasteiger partial charge in [0.1, 0.15) is 5.76 Å². The molecule has 0 aliphatic heterocycles. The highest BCUT2D eigenvalue weighted by atomic mass is 16.3. The fraction of sp³-hybridized carbons (Fsp3) is 0.733. The first kappa shape index (κ1) is 12.7. The Morgan fingerprint density at radius 2 is 2.12 bits per heavy atom. The van der Waals surface area contributed by atoms with E-state index >= 15 is 0 Å². The minimum absolute atomic E-state index is 0.579. The van der Waals surface area contributed by atoms with Gasteiger partial charge in [-0.1, -0.05) is 12.8 Å². The lowest BCUT2D eigenvalue weighted by molar-refractivity contribution is 0.337. The first-order valence-corrected chi connectivity index (χ1v) is 7.04. The Morgan fingerprint density at radius 1 is 1.35 bits per heavy atom. The molecular weight excluding hydrogens is 210 g/mol. The van der Waals surface area contributed by atoms with Gasteiger partial charge in [0.25, 0.3) is 0 Å². The van der Waals surface area contributed by atoms with Crippen molar-refractivity contribution in [2.45, 2.75) is 64.5 Å². The van der Waals surface area contributed by atoms with Crippen LogP contribution < -0.4 is 5.32 Å². The molecule has 17 heavy (non-hydrogen) atoms. The van der Waals surface area contributed by atoms with Gasteiger partial charge in [0.15, 0.2) is 0 Å². The summed E-state index contributed by atoms with van der Waals surface area (Å²) in [7, 11) is 0. The molecule has 1 aromatic heterocycles. The van der Waals surface area contributed by atoms with E-state index in [1.165, 1.54) is 25.7 Å². The maximum Gasteiger partial charge on any atom is 0.103 e. The molecule has 2 unspecified atom stereocenters. The molecule has 0 bridgehead atoms. The standard InChI is InChI=1S/C15H25NO/c1-12(9-10-15-8-5-11-17-15)16-13(2)14-6-3-4-7-14/h5,8,11-14,16H,3-4,6-7,9-10H2,1-2H3. The van der Waals surface area contributed by atoms with Gasteiger partial charge in [0, 0.05) is 18.5 Å². The molecule has 0 spiro atoms. The van der Waals surface area contributed by atoms with Gasteiger partial charge in [0.2, 0.25) is 0 Å². The Morgan fingerprint density at radius 3 is 2.76 bits per heavy atom. The molecule has 2 nitrogen and oxygen atoms in total. The van der Waals surface area contributed by atoms with Crippen LogP contribution in [0.4, 0.5) is 0 Å². The van der Waals surface area contributed by atoms with E-state index < -0.39 is 0 Å². The van der Waals surface area contributed by atoms with Crippen LogP contribution in [0.15, 0.2) is 22.8 Å². The Balaban J connectivity index is 1.67. The summed E-state index contributed by atoms with van der Waals surface area (Å²) in [4.78, 5) is 0. The highest BCUT2D eigenvalue weighted by Gasteiger charge is 2.22. The summed E-state index contributed by atoms with van der Waals surface area (Å²) in [6, 6.07) is 5.28. The molecule has 2 rings (SSSR count). The van der Waals surface area contributed by atoms with Crippen molar-refractivity contribution in [2.24, 2.45) is 5.92 Å². The van der Waals surface area contributed by atoms with Gasteiger partial charge in [-0.3, -0.25) is 0 Å². The molecule has 2 heteroatoms. The number of hydrogen-bond donors (Lipinski definition) is 1. The Hall–Kier alpha value is -0.760. The molecule has 96 valence electrons. The second-order valence-corrected chi connectivity index (χ2v) is 5.52. The summed E-state index contributed by atoms with van der Waals surface area (Å²) in [5, 5.41) is 3.74. The van der Waals surface area contributed by atoms with Gasteiger partial charge in [0.05, 0.1) is 6.26 Å². The van der Waals surface area contributed by atoms with Gasteiger partial charge in [-0.05, 0) is 51.2 Å². The summed E-state index contributed by atoms with van der Waals surface area (Å²) in [6.45, 7) is 4.63. The highest BCUT2D eigenvalue weighted by Crippen LogP contribution is 2.27. The minimum atomic E-state index is 0.579. The number of furan rings is 1. The largest absolute Gasteiger partial charge is 0.469 e. The van der Waals surface area contributed by atoms with Crippen molar-refractivity contribution in [1.29, 1.82) is 0 Å². The third-order valence-corrected chi connectivity index (χ3v) is 4.06. The van der Waals surface area contributed by atoms with Crippen LogP contribution >= 0.6 is 0 Å². The fourth-order valence-electron chi connectivity index (χ4n) is 2.94. The summed E-state index contributed by atoms with van der Waals surface area (Å²) >= 11 is 0. The number of hydrogen-bond acceptors (Lipinski definition) is 2. The van der Waals surface area contributed by atoms with Gasteiger partial charge < -0.3 is 9.73 Å². The molecule has 1 aliphatic carbocycles. The molecule has 1 heterocycles. The van der Waals surface area contributed by atoms with E-state index in [-0.39, 0.29) is 0 Å². The Bertz CT molecular complexity index is 301. The molecule has 0 aromatic carbocycles. The summed E-state index contributed by atoms with van der Waals surface area (Å²) in [6.07, 6.45) is 9.64. The van der Waals surface area contributed by atoms with E-state index in [1.807, 2.05) is 6.07 Å². The van der Waals surface area contributed by atoms with Crippen LogP contribution in [0.5, 0.6) is 0 Å². The van der Waals surface area contributed by atoms with E-state index in [9.17, 15) is 0 Å². The predicted octanol–water partition coefficient (Wildman–Crippen LogP) is 3.77. The molecule has 2 atom stereocenters. The molecule has 1 N–H and O–H groups in total. The van der Waals surface area contributed by atoms with E-state index in [0.717, 1.165) is 24.5 Å². The van der Waals surface area contributed by atoms with Gasteiger partial charge in [-0.2, -0.15) is 0 Å². The van der Waals surface area contributed by atoms with Crippen molar-refractivity contribution in [2.75, 3.05) is 0 Å². The zero-order chi connectivity index (χ0) is 12.1. The molecular formula is C15H25NO. The fourth-order valence-corrected chi connectivity index (χ4v) is 2.94. The number of aryl methyl sites for hydroxylation is 1. The summed E-state index contributed by atoms with van der Waals surface area (Å²) in [5.74, 6) is 2.01. The van der Waals surface area contributed by atoms with E-state index in [4.69, 9.17) is 4.42 Å². The predicted molar refractivity (Wildman–Crippen MR) is 71.0 cm³/mol. The van der Waals surface area contributed by atoms with E-state index in [1.54, 1.807) is 6.26 Å². The first-order chi connectivity index (χ1) is 8.25. The van der Waals surface area contributed by atoms with Crippen LogP contribution in [0.2, 0.25) is 0 Å². The van der Waals surface area contributed by atoms with Crippen LogP contribution in [0, 0.1) is 5.92 Å². The maximum absolute atomic E-state index is 5.36. The molecule has 1 saturated carbocycles. The normalized spacial score (nSPS) is 20.6. The smallest absolute Gasteiger partial charge is 0.103 e. The van der Waals surface area contributed by atoms with Crippen LogP contribution in [0.1, 0.15) is 51.7 Å². The minimum Gasteiger partial charge on any atom is -0.469 e. The number of rotatable bonds is 6. The average Bonchev–Trinajstić information content (AvgIpc) is 2.99. The Kier molecular flexibility index (Phi) is 4.66. The molecule has 1 fully saturated rings. The lowest BCUT2D eigenvalue weighted by atomic mass is 9.98. The molecule has 1 aliphatic rings. The van der Waals surface area contributed by atoms with E-state index in [0.29, 0.717) is 12.1 Å². The van der Waals surface area contributed by atoms with Crippen LogP contribution in [0.3, 0.4) is 0 Å². The van der Waals surface area contributed by atoms with Crippen molar-refractivity contribution in [3.63, 3.8) is 0 Å². The van der Waals surface area contributed by atoms with Gasteiger partial charge in [-0.15, -0.1) is 0 Å². The van der Waals surface area contributed by atoms with Gasteiger partial charge >= 0.3 is 0 Å². The van der Waals surface area contributed by atoms with Crippen LogP contribution in [0.25, 0.3) is 0 Å². The van der Waals surface area contributed by atoms with Crippen molar-refractivity contribution < 1.29 is 4.42 Å².